The van der Waals surface area contributed by atoms with Gasteiger partial charge in [-0.05, 0) is 18.6 Å². The van der Waals surface area contributed by atoms with Crippen LogP contribution in [0.5, 0.6) is 0 Å². The summed E-state index contributed by atoms with van der Waals surface area (Å²) in [6, 6.07) is 1.86. The average molecular weight is 237 g/mol. The lowest BCUT2D eigenvalue weighted by molar-refractivity contribution is 0.637. The molecule has 5 heteroatoms. The molecule has 0 aliphatic carbocycles. The predicted octanol–water partition coefficient (Wildman–Crippen LogP) is 2.35. The molecule has 16 heavy (non-hydrogen) atoms. The molecule has 0 saturated carbocycles. The second-order valence-electron chi connectivity index (χ2n) is 3.56. The van der Waals surface area contributed by atoms with Gasteiger partial charge in [0.1, 0.15) is 0 Å². The smallest absolute Gasteiger partial charge is 0.0820 e. The van der Waals surface area contributed by atoms with E-state index < -0.39 is 0 Å². The van der Waals surface area contributed by atoms with Crippen molar-refractivity contribution in [3.05, 3.63) is 41.4 Å². The Morgan fingerprint density at radius 2 is 2.31 bits per heavy atom. The number of aryl methyl sites for hydroxylation is 1. The van der Waals surface area contributed by atoms with E-state index in [1.54, 1.807) is 12.4 Å². The third-order valence-corrected chi connectivity index (χ3v) is 2.49. The van der Waals surface area contributed by atoms with Gasteiger partial charge in [-0.25, -0.2) is 0 Å². The molecule has 0 saturated heterocycles. The highest BCUT2D eigenvalue weighted by Crippen LogP contribution is 2.18. The third kappa shape index (κ3) is 2.73. The maximum absolute atomic E-state index is 5.96. The Kier molecular flexibility index (Phi) is 3.41. The molecule has 0 aliphatic rings. The molecular weight excluding hydrogens is 224 g/mol. The first-order chi connectivity index (χ1) is 7.75. The standard InChI is InChI=1S/C11H13ClN4/c1-9-6-15-16(8-9)5-4-14-11-2-3-13-7-10(11)12/h2-3,6-8H,4-5H2,1H3,(H,13,14). The van der Waals surface area contributed by atoms with E-state index in [1.165, 1.54) is 5.56 Å². The Morgan fingerprint density at radius 3 is 3.00 bits per heavy atom. The van der Waals surface area contributed by atoms with Crippen LogP contribution in [-0.4, -0.2) is 21.3 Å². The van der Waals surface area contributed by atoms with Gasteiger partial charge in [-0.1, -0.05) is 11.6 Å². The summed E-state index contributed by atoms with van der Waals surface area (Å²) < 4.78 is 1.90. The molecule has 0 aromatic carbocycles. The van der Waals surface area contributed by atoms with E-state index in [9.17, 15) is 0 Å². The summed E-state index contributed by atoms with van der Waals surface area (Å²) in [7, 11) is 0. The fourth-order valence-corrected chi connectivity index (χ4v) is 1.60. The number of halogens is 1. The van der Waals surface area contributed by atoms with Crippen molar-refractivity contribution in [2.75, 3.05) is 11.9 Å². The van der Waals surface area contributed by atoms with Gasteiger partial charge >= 0.3 is 0 Å². The molecule has 0 aliphatic heterocycles. The Labute approximate surface area is 99.3 Å². The molecule has 2 rings (SSSR count). The van der Waals surface area contributed by atoms with E-state index in [0.29, 0.717) is 5.02 Å². The molecular formula is C11H13ClN4. The normalized spacial score (nSPS) is 10.4. The molecule has 84 valence electrons. The number of anilines is 1. The number of nitrogens with zero attached hydrogens (tertiary/aromatic N) is 3. The summed E-state index contributed by atoms with van der Waals surface area (Å²) in [6.07, 6.45) is 7.20. The summed E-state index contributed by atoms with van der Waals surface area (Å²) >= 11 is 5.96. The number of hydrogen-bond donors (Lipinski definition) is 1. The minimum Gasteiger partial charge on any atom is -0.382 e. The zero-order valence-corrected chi connectivity index (χ0v) is 9.78. The molecule has 1 N–H and O–H groups in total. The predicted molar refractivity (Wildman–Crippen MR) is 64.7 cm³/mol. The largest absolute Gasteiger partial charge is 0.382 e. The van der Waals surface area contributed by atoms with Crippen LogP contribution in [0, 0.1) is 6.92 Å². The molecule has 2 aromatic rings. The monoisotopic (exact) mass is 236 g/mol. The summed E-state index contributed by atoms with van der Waals surface area (Å²) in [4.78, 5) is 3.92. The first-order valence-corrected chi connectivity index (χ1v) is 5.46. The number of aromatic nitrogens is 3. The zero-order valence-electron chi connectivity index (χ0n) is 9.02. The summed E-state index contributed by atoms with van der Waals surface area (Å²) in [5, 5.41) is 8.08. The molecule has 0 amide bonds. The maximum atomic E-state index is 5.96. The highest BCUT2D eigenvalue weighted by atomic mass is 35.5. The molecule has 0 atom stereocenters. The zero-order chi connectivity index (χ0) is 11.4. The number of rotatable bonds is 4. The average Bonchev–Trinajstić information content (AvgIpc) is 2.67. The van der Waals surface area contributed by atoms with Crippen LogP contribution < -0.4 is 5.32 Å². The molecule has 0 fully saturated rings. The van der Waals surface area contributed by atoms with Crippen LogP contribution >= 0.6 is 11.6 Å². The van der Waals surface area contributed by atoms with Gasteiger partial charge in [0.2, 0.25) is 0 Å². The van der Waals surface area contributed by atoms with Gasteiger partial charge in [-0.15, -0.1) is 0 Å². The third-order valence-electron chi connectivity index (χ3n) is 2.19. The first kappa shape index (κ1) is 11.0. The van der Waals surface area contributed by atoms with E-state index in [4.69, 9.17) is 11.6 Å². The van der Waals surface area contributed by atoms with Crippen molar-refractivity contribution in [2.24, 2.45) is 0 Å². The minimum absolute atomic E-state index is 0.638. The molecule has 2 aromatic heterocycles. The Hall–Kier alpha value is -1.55. The number of pyridine rings is 1. The molecule has 0 bridgehead atoms. The van der Waals surface area contributed by atoms with Crippen molar-refractivity contribution in [3.63, 3.8) is 0 Å². The van der Waals surface area contributed by atoms with Gasteiger partial charge in [-0.3, -0.25) is 9.67 Å². The molecule has 0 radical (unpaired) electrons. The second kappa shape index (κ2) is 4.99. The van der Waals surface area contributed by atoms with E-state index in [0.717, 1.165) is 18.8 Å². The van der Waals surface area contributed by atoms with Crippen LogP contribution in [0.1, 0.15) is 5.56 Å². The highest BCUT2D eigenvalue weighted by molar-refractivity contribution is 6.33. The van der Waals surface area contributed by atoms with E-state index in [-0.39, 0.29) is 0 Å². The molecule has 0 unspecified atom stereocenters. The first-order valence-electron chi connectivity index (χ1n) is 5.08. The van der Waals surface area contributed by atoms with Crippen molar-refractivity contribution in [2.45, 2.75) is 13.5 Å². The lowest BCUT2D eigenvalue weighted by Crippen LogP contribution is -2.11. The molecule has 4 nitrogen and oxygen atoms in total. The van der Waals surface area contributed by atoms with Crippen molar-refractivity contribution in [1.82, 2.24) is 14.8 Å². The van der Waals surface area contributed by atoms with E-state index in [2.05, 4.69) is 15.4 Å². The minimum atomic E-state index is 0.638. The second-order valence-corrected chi connectivity index (χ2v) is 3.97. The Balaban J connectivity index is 1.87. The van der Waals surface area contributed by atoms with Gasteiger partial charge in [0.15, 0.2) is 0 Å². The topological polar surface area (TPSA) is 42.7 Å². The van der Waals surface area contributed by atoms with Gasteiger partial charge in [0, 0.05) is 25.1 Å². The maximum Gasteiger partial charge on any atom is 0.0820 e. The van der Waals surface area contributed by atoms with Crippen LogP contribution in [0.3, 0.4) is 0 Å². The van der Waals surface area contributed by atoms with Gasteiger partial charge in [0.25, 0.3) is 0 Å². The Morgan fingerprint density at radius 1 is 1.44 bits per heavy atom. The van der Waals surface area contributed by atoms with E-state index >= 15 is 0 Å². The van der Waals surface area contributed by atoms with Crippen LogP contribution in [-0.2, 0) is 6.54 Å². The molecule has 2 heterocycles. The van der Waals surface area contributed by atoms with Crippen LogP contribution in [0.15, 0.2) is 30.9 Å². The number of hydrogen-bond acceptors (Lipinski definition) is 3. The number of nitrogens with one attached hydrogen (secondary N) is 1. The lowest BCUT2D eigenvalue weighted by Gasteiger charge is -2.07. The fraction of sp³-hybridized carbons (Fsp3) is 0.273. The highest BCUT2D eigenvalue weighted by Gasteiger charge is 1.98. The van der Waals surface area contributed by atoms with E-state index in [1.807, 2.05) is 30.1 Å². The summed E-state index contributed by atoms with van der Waals surface area (Å²) in [5.74, 6) is 0. The summed E-state index contributed by atoms with van der Waals surface area (Å²) in [6.45, 7) is 3.62. The van der Waals surface area contributed by atoms with Crippen molar-refractivity contribution in [1.29, 1.82) is 0 Å². The van der Waals surface area contributed by atoms with Crippen LogP contribution in [0.2, 0.25) is 5.02 Å². The van der Waals surface area contributed by atoms with Crippen molar-refractivity contribution < 1.29 is 0 Å². The van der Waals surface area contributed by atoms with Crippen molar-refractivity contribution in [3.8, 4) is 0 Å². The van der Waals surface area contributed by atoms with Crippen molar-refractivity contribution >= 4 is 17.3 Å². The van der Waals surface area contributed by atoms with Crippen LogP contribution in [0.4, 0.5) is 5.69 Å². The fourth-order valence-electron chi connectivity index (χ4n) is 1.41. The quantitative estimate of drug-likeness (QED) is 0.886. The Bertz CT molecular complexity index is 467. The van der Waals surface area contributed by atoms with Gasteiger partial charge in [0.05, 0.1) is 23.5 Å². The lowest BCUT2D eigenvalue weighted by atomic mass is 10.4. The van der Waals surface area contributed by atoms with Crippen LogP contribution in [0.25, 0.3) is 0 Å². The SMILES string of the molecule is Cc1cnn(CCNc2ccncc2Cl)c1. The van der Waals surface area contributed by atoms with Gasteiger partial charge < -0.3 is 5.32 Å². The molecule has 0 spiro atoms. The van der Waals surface area contributed by atoms with Gasteiger partial charge in [-0.2, -0.15) is 5.10 Å². The summed E-state index contributed by atoms with van der Waals surface area (Å²) in [5.41, 5.74) is 2.07.